The lowest BCUT2D eigenvalue weighted by atomic mass is 10.0. The van der Waals surface area contributed by atoms with Crippen LogP contribution in [0.25, 0.3) is 0 Å². The summed E-state index contributed by atoms with van der Waals surface area (Å²) in [6.07, 6.45) is 5.52. The molecule has 1 aliphatic rings. The number of pyridine rings is 1. The zero-order chi connectivity index (χ0) is 10.7. The molecule has 0 radical (unpaired) electrons. The topological polar surface area (TPSA) is 33.1 Å². The Morgan fingerprint density at radius 1 is 1.33 bits per heavy atom. The lowest BCUT2D eigenvalue weighted by Crippen LogP contribution is -2.20. The van der Waals surface area contributed by atoms with E-state index in [2.05, 4.69) is 16.8 Å². The molecule has 0 atom stereocenters. The van der Waals surface area contributed by atoms with Crippen LogP contribution in [0.5, 0.6) is 0 Å². The molecule has 0 spiro atoms. The van der Waals surface area contributed by atoms with E-state index in [4.69, 9.17) is 0 Å². The fourth-order valence-electron chi connectivity index (χ4n) is 1.82. The van der Waals surface area contributed by atoms with E-state index in [0.29, 0.717) is 0 Å². The largest absolute Gasteiger partial charge is 0.378 e. The van der Waals surface area contributed by atoms with Crippen molar-refractivity contribution in [1.29, 1.82) is 0 Å². The normalized spacial score (nSPS) is 18.3. The summed E-state index contributed by atoms with van der Waals surface area (Å²) in [7, 11) is 0. The number of nitrogens with zero attached hydrogens (tertiary/aromatic N) is 1. The lowest BCUT2D eigenvalue weighted by Gasteiger charge is -2.12. The van der Waals surface area contributed by atoms with Crippen molar-refractivity contribution in [2.45, 2.75) is 38.2 Å². The molecular weight excluding hydrogens is 186 g/mol. The van der Waals surface area contributed by atoms with Crippen molar-refractivity contribution in [3.8, 4) is 11.8 Å². The molecule has 0 aliphatic heterocycles. The Balaban J connectivity index is 2.14. The van der Waals surface area contributed by atoms with Crippen LogP contribution in [-0.4, -0.2) is 15.7 Å². The molecule has 0 bridgehead atoms. The second-order valence-electron chi connectivity index (χ2n) is 4.18. The predicted octanol–water partition coefficient (Wildman–Crippen LogP) is 2.05. The smallest absolute Gasteiger partial charge is 0.125 e. The summed E-state index contributed by atoms with van der Waals surface area (Å²) in [5.41, 5.74) is 1.12. The average Bonchev–Trinajstić information content (AvgIpc) is 2.65. The first kappa shape index (κ1) is 10.2. The highest BCUT2D eigenvalue weighted by Gasteiger charge is 2.28. The molecule has 15 heavy (non-hydrogen) atoms. The molecular formula is C13H15NO. The zero-order valence-corrected chi connectivity index (χ0v) is 8.95. The molecule has 1 aromatic heterocycles. The van der Waals surface area contributed by atoms with Gasteiger partial charge in [-0.15, -0.1) is 0 Å². The van der Waals surface area contributed by atoms with Crippen LogP contribution in [0.1, 0.15) is 36.9 Å². The van der Waals surface area contributed by atoms with E-state index in [1.807, 2.05) is 19.1 Å². The number of hydrogen-bond donors (Lipinski definition) is 1. The number of aryl methyl sites for hydroxylation is 1. The van der Waals surface area contributed by atoms with Crippen LogP contribution in [0.4, 0.5) is 0 Å². The van der Waals surface area contributed by atoms with E-state index >= 15 is 0 Å². The molecule has 1 saturated carbocycles. The zero-order valence-electron chi connectivity index (χ0n) is 8.95. The molecule has 78 valence electrons. The fourth-order valence-corrected chi connectivity index (χ4v) is 1.82. The molecule has 1 aromatic rings. The summed E-state index contributed by atoms with van der Waals surface area (Å²) in [6, 6.07) is 3.87. The molecule has 2 rings (SSSR count). The van der Waals surface area contributed by atoms with Crippen LogP contribution in [0.2, 0.25) is 0 Å². The van der Waals surface area contributed by atoms with Gasteiger partial charge in [-0.1, -0.05) is 11.8 Å². The number of aromatic nitrogens is 1. The van der Waals surface area contributed by atoms with Gasteiger partial charge in [0, 0.05) is 17.5 Å². The summed E-state index contributed by atoms with van der Waals surface area (Å²) in [6.45, 7) is 1.95. The van der Waals surface area contributed by atoms with E-state index in [-0.39, 0.29) is 0 Å². The maximum Gasteiger partial charge on any atom is 0.125 e. The van der Waals surface area contributed by atoms with Crippen molar-refractivity contribution in [1.82, 2.24) is 4.98 Å². The average molecular weight is 201 g/mol. The van der Waals surface area contributed by atoms with E-state index in [9.17, 15) is 5.11 Å². The Morgan fingerprint density at radius 2 is 2.07 bits per heavy atom. The fraction of sp³-hybridized carbons (Fsp3) is 0.462. The molecule has 1 N–H and O–H groups in total. The highest BCUT2D eigenvalue weighted by atomic mass is 16.3. The maximum atomic E-state index is 10.0. The first-order valence-electron chi connectivity index (χ1n) is 5.36. The van der Waals surface area contributed by atoms with Gasteiger partial charge in [-0.25, -0.2) is 0 Å². The third-order valence-corrected chi connectivity index (χ3v) is 2.78. The standard InChI is InChI=1S/C13H15NO/c1-11-4-5-12(10-14-11)6-9-13(15)7-2-3-8-13/h4-5,10,15H,2-3,7-8H2,1H3. The Morgan fingerprint density at radius 3 is 2.67 bits per heavy atom. The Labute approximate surface area is 90.4 Å². The minimum Gasteiger partial charge on any atom is -0.378 e. The van der Waals surface area contributed by atoms with E-state index in [1.165, 1.54) is 0 Å². The minimum absolute atomic E-state index is 0.745. The summed E-state index contributed by atoms with van der Waals surface area (Å²) < 4.78 is 0. The summed E-state index contributed by atoms with van der Waals surface area (Å²) in [5.74, 6) is 5.95. The van der Waals surface area contributed by atoms with Gasteiger partial charge in [0.25, 0.3) is 0 Å². The summed E-state index contributed by atoms with van der Waals surface area (Å²) in [4.78, 5) is 4.16. The van der Waals surface area contributed by atoms with Crippen LogP contribution in [-0.2, 0) is 0 Å². The Bertz CT molecular complexity index is 391. The number of rotatable bonds is 0. The number of aliphatic hydroxyl groups is 1. The Kier molecular flexibility index (Phi) is 2.75. The first-order chi connectivity index (χ1) is 7.18. The van der Waals surface area contributed by atoms with Crippen LogP contribution >= 0.6 is 0 Å². The van der Waals surface area contributed by atoms with Gasteiger partial charge in [-0.3, -0.25) is 4.98 Å². The van der Waals surface area contributed by atoms with Gasteiger partial charge < -0.3 is 5.11 Å². The monoisotopic (exact) mass is 201 g/mol. The third-order valence-electron chi connectivity index (χ3n) is 2.78. The van der Waals surface area contributed by atoms with Gasteiger partial charge in [0.05, 0.1) is 0 Å². The van der Waals surface area contributed by atoms with Crippen LogP contribution in [0.15, 0.2) is 18.3 Å². The van der Waals surface area contributed by atoms with E-state index in [0.717, 1.165) is 36.9 Å². The summed E-state index contributed by atoms with van der Waals surface area (Å²) >= 11 is 0. The van der Waals surface area contributed by atoms with Crippen LogP contribution in [0, 0.1) is 18.8 Å². The second kappa shape index (κ2) is 4.04. The van der Waals surface area contributed by atoms with Crippen molar-refractivity contribution in [2.75, 3.05) is 0 Å². The van der Waals surface area contributed by atoms with Gasteiger partial charge in [-0.05, 0) is 44.7 Å². The molecule has 0 amide bonds. The molecule has 0 aromatic carbocycles. The van der Waals surface area contributed by atoms with Crippen LogP contribution in [0.3, 0.4) is 0 Å². The molecule has 2 nitrogen and oxygen atoms in total. The van der Waals surface area contributed by atoms with Crippen molar-refractivity contribution in [3.63, 3.8) is 0 Å². The van der Waals surface area contributed by atoms with Crippen molar-refractivity contribution in [3.05, 3.63) is 29.6 Å². The molecule has 1 aliphatic carbocycles. The highest BCUT2D eigenvalue weighted by molar-refractivity contribution is 5.35. The summed E-state index contributed by atoms with van der Waals surface area (Å²) in [5, 5.41) is 10.0. The predicted molar refractivity (Wildman–Crippen MR) is 59.3 cm³/mol. The molecule has 0 saturated heterocycles. The van der Waals surface area contributed by atoms with Crippen molar-refractivity contribution >= 4 is 0 Å². The molecule has 2 heteroatoms. The third kappa shape index (κ3) is 2.57. The lowest BCUT2D eigenvalue weighted by molar-refractivity contribution is 0.110. The van der Waals surface area contributed by atoms with E-state index in [1.54, 1.807) is 6.20 Å². The van der Waals surface area contributed by atoms with Crippen molar-refractivity contribution < 1.29 is 5.11 Å². The molecule has 1 fully saturated rings. The van der Waals surface area contributed by atoms with Gasteiger partial charge in [-0.2, -0.15) is 0 Å². The second-order valence-corrected chi connectivity index (χ2v) is 4.18. The van der Waals surface area contributed by atoms with E-state index < -0.39 is 5.60 Å². The maximum absolute atomic E-state index is 10.0. The van der Waals surface area contributed by atoms with Gasteiger partial charge in [0.2, 0.25) is 0 Å². The SMILES string of the molecule is Cc1ccc(C#CC2(O)CCCC2)cn1. The highest BCUT2D eigenvalue weighted by Crippen LogP contribution is 2.28. The van der Waals surface area contributed by atoms with Gasteiger partial charge in [0.1, 0.15) is 5.60 Å². The van der Waals surface area contributed by atoms with Crippen molar-refractivity contribution in [2.24, 2.45) is 0 Å². The number of hydrogen-bond acceptors (Lipinski definition) is 2. The van der Waals surface area contributed by atoms with Crippen LogP contribution < -0.4 is 0 Å². The van der Waals surface area contributed by atoms with Gasteiger partial charge >= 0.3 is 0 Å². The minimum atomic E-state index is -0.745. The molecule has 0 unspecified atom stereocenters. The first-order valence-corrected chi connectivity index (χ1v) is 5.36. The Hall–Kier alpha value is -1.33. The van der Waals surface area contributed by atoms with Gasteiger partial charge in [0.15, 0.2) is 0 Å². The molecule has 1 heterocycles. The quantitative estimate of drug-likeness (QED) is 0.652.